The van der Waals surface area contributed by atoms with E-state index in [1.165, 1.54) is 18.4 Å². The normalized spacial score (nSPS) is 19.0. The van der Waals surface area contributed by atoms with Gasteiger partial charge in [-0.2, -0.15) is 0 Å². The zero-order valence-corrected chi connectivity index (χ0v) is 14.5. The van der Waals surface area contributed by atoms with Crippen LogP contribution in [0.3, 0.4) is 0 Å². The number of aliphatic carboxylic acids is 1. The molecule has 8 nitrogen and oxygen atoms in total. The lowest BCUT2D eigenvalue weighted by molar-refractivity contribution is -0.141. The van der Waals surface area contributed by atoms with Gasteiger partial charge in [-0.3, -0.25) is 4.79 Å². The van der Waals surface area contributed by atoms with E-state index in [2.05, 4.69) is 9.71 Å². The minimum atomic E-state index is -3.47. The molecule has 2 aliphatic rings. The predicted molar refractivity (Wildman–Crippen MR) is 94.9 cm³/mol. The molecule has 0 radical (unpaired) electrons. The third-order valence-electron chi connectivity index (χ3n) is 3.97. The monoisotopic (exact) mass is 375 g/mol. The number of amidine groups is 1. The van der Waals surface area contributed by atoms with E-state index in [1.807, 2.05) is 6.07 Å². The number of amides is 1. The molecule has 0 fully saturated rings. The number of nitrogens with zero attached hydrogens (tertiary/aromatic N) is 2. The van der Waals surface area contributed by atoms with Crippen LogP contribution >= 0.6 is 0 Å². The maximum absolute atomic E-state index is 12.4. The number of hydrogen-bond acceptors (Lipinski definition) is 5. The highest BCUT2D eigenvalue weighted by Crippen LogP contribution is 2.16. The topological polar surface area (TPSA) is 116 Å². The van der Waals surface area contributed by atoms with Crippen molar-refractivity contribution in [3.8, 4) is 0 Å². The Balaban J connectivity index is 1.72. The van der Waals surface area contributed by atoms with Gasteiger partial charge in [-0.25, -0.2) is 13.2 Å². The average molecular weight is 375 g/mol. The molecule has 136 valence electrons. The van der Waals surface area contributed by atoms with Crippen LogP contribution in [-0.4, -0.2) is 54.5 Å². The summed E-state index contributed by atoms with van der Waals surface area (Å²) in [5.74, 6) is -1.57. The Hall–Kier alpha value is -2.94. The van der Waals surface area contributed by atoms with Crippen LogP contribution in [0.15, 0.2) is 58.7 Å². The quantitative estimate of drug-likeness (QED) is 0.764. The third kappa shape index (κ3) is 4.17. The van der Waals surface area contributed by atoms with Gasteiger partial charge in [0.25, 0.3) is 15.9 Å². The summed E-state index contributed by atoms with van der Waals surface area (Å²) in [6.07, 6.45) is 4.49. The predicted octanol–water partition coefficient (Wildman–Crippen LogP) is 0.296. The molecule has 0 unspecified atom stereocenters. The lowest BCUT2D eigenvalue weighted by atomic mass is 10.1. The van der Waals surface area contributed by atoms with E-state index in [4.69, 9.17) is 0 Å². The standard InChI is InChI=1S/C17H17N3O5S/c21-16(18-14(17(22)23)10-12-4-2-1-3-5-12)13-6-7-15-19-26(24,25)9-8-20(15)11-13/h1-7,11,14H,8-10H2,(H,18,21)(H,22,23)/t14-/m1/s1. The lowest BCUT2D eigenvalue weighted by Crippen LogP contribution is -2.44. The summed E-state index contributed by atoms with van der Waals surface area (Å²) >= 11 is 0. The van der Waals surface area contributed by atoms with E-state index in [-0.39, 0.29) is 30.1 Å². The van der Waals surface area contributed by atoms with Crippen molar-refractivity contribution in [1.29, 1.82) is 0 Å². The van der Waals surface area contributed by atoms with Crippen molar-refractivity contribution in [2.24, 2.45) is 4.40 Å². The summed E-state index contributed by atoms with van der Waals surface area (Å²) in [6, 6.07) is 7.93. The smallest absolute Gasteiger partial charge is 0.326 e. The first-order valence-corrected chi connectivity index (χ1v) is 9.52. The van der Waals surface area contributed by atoms with Crippen LogP contribution in [0.25, 0.3) is 0 Å². The molecule has 0 aromatic heterocycles. The van der Waals surface area contributed by atoms with E-state index in [1.54, 1.807) is 29.2 Å². The Kier molecular flexibility index (Phi) is 4.90. The molecule has 1 aromatic carbocycles. The lowest BCUT2D eigenvalue weighted by Gasteiger charge is -2.27. The van der Waals surface area contributed by atoms with Gasteiger partial charge in [0, 0.05) is 19.2 Å². The van der Waals surface area contributed by atoms with E-state index in [9.17, 15) is 23.1 Å². The number of carbonyl (C=O) groups excluding carboxylic acids is 1. The molecule has 1 atom stereocenters. The number of carbonyl (C=O) groups is 2. The first-order chi connectivity index (χ1) is 12.3. The molecule has 1 aromatic rings. The van der Waals surface area contributed by atoms with Gasteiger partial charge >= 0.3 is 5.97 Å². The molecule has 2 aliphatic heterocycles. The zero-order valence-electron chi connectivity index (χ0n) is 13.7. The van der Waals surface area contributed by atoms with Crippen molar-refractivity contribution < 1.29 is 23.1 Å². The second-order valence-corrected chi connectivity index (χ2v) is 7.66. The molecule has 1 amide bonds. The number of sulfonamides is 1. The van der Waals surface area contributed by atoms with Gasteiger partial charge in [0.15, 0.2) is 0 Å². The Labute approximate surface area is 150 Å². The summed E-state index contributed by atoms with van der Waals surface area (Å²) in [5, 5.41) is 11.9. The highest BCUT2D eigenvalue weighted by Gasteiger charge is 2.27. The van der Waals surface area contributed by atoms with Crippen molar-refractivity contribution >= 4 is 27.7 Å². The molecule has 0 spiro atoms. The van der Waals surface area contributed by atoms with E-state index >= 15 is 0 Å². The maximum Gasteiger partial charge on any atom is 0.326 e. The SMILES string of the molecule is O=C(N[C@H](Cc1ccccc1)C(=O)O)C1=CN2CCS(=O)(=O)N=C2C=C1. The third-order valence-corrected chi connectivity index (χ3v) is 5.14. The molecule has 2 N–H and O–H groups in total. The minimum absolute atomic E-state index is 0.137. The number of rotatable bonds is 5. The number of fused-ring (bicyclic) bond motifs is 1. The molecule has 0 aliphatic carbocycles. The molecule has 3 rings (SSSR count). The number of carboxylic acid groups (broad SMARTS) is 1. The van der Waals surface area contributed by atoms with E-state index in [0.29, 0.717) is 0 Å². The average Bonchev–Trinajstić information content (AvgIpc) is 2.60. The Bertz CT molecular complexity index is 919. The van der Waals surface area contributed by atoms with Crippen LogP contribution in [0.4, 0.5) is 0 Å². The van der Waals surface area contributed by atoms with E-state index < -0.39 is 27.9 Å². The summed E-state index contributed by atoms with van der Waals surface area (Å²) < 4.78 is 26.6. The summed E-state index contributed by atoms with van der Waals surface area (Å²) in [5.41, 5.74) is 1.03. The molecule has 2 heterocycles. The fourth-order valence-corrected chi connectivity index (χ4v) is 3.60. The highest BCUT2D eigenvalue weighted by atomic mass is 32.2. The second-order valence-electron chi connectivity index (χ2n) is 5.90. The van der Waals surface area contributed by atoms with Gasteiger partial charge in [-0.15, -0.1) is 4.40 Å². The number of nitrogens with one attached hydrogen (secondary N) is 1. The van der Waals surface area contributed by atoms with Gasteiger partial charge in [0.2, 0.25) is 0 Å². The first kappa shape index (κ1) is 17.9. The van der Waals surface area contributed by atoms with Crippen LogP contribution in [0, 0.1) is 0 Å². The van der Waals surface area contributed by atoms with Crippen molar-refractivity contribution in [3.63, 3.8) is 0 Å². The minimum Gasteiger partial charge on any atom is -0.480 e. The molecule has 0 saturated heterocycles. The Morgan fingerprint density at radius 1 is 1.23 bits per heavy atom. The van der Waals surface area contributed by atoms with Gasteiger partial charge < -0.3 is 15.3 Å². The van der Waals surface area contributed by atoms with Crippen molar-refractivity contribution in [2.45, 2.75) is 12.5 Å². The molecule has 26 heavy (non-hydrogen) atoms. The van der Waals surface area contributed by atoms with Crippen LogP contribution in [0.5, 0.6) is 0 Å². The summed E-state index contributed by atoms with van der Waals surface area (Å²) in [4.78, 5) is 25.5. The van der Waals surface area contributed by atoms with Gasteiger partial charge in [-0.1, -0.05) is 30.3 Å². The van der Waals surface area contributed by atoms with Gasteiger partial charge in [0.1, 0.15) is 11.9 Å². The van der Waals surface area contributed by atoms with E-state index in [0.717, 1.165) is 5.56 Å². The Morgan fingerprint density at radius 3 is 2.65 bits per heavy atom. The number of benzene rings is 1. The van der Waals surface area contributed by atoms with Crippen molar-refractivity contribution in [1.82, 2.24) is 10.2 Å². The fourth-order valence-electron chi connectivity index (χ4n) is 2.63. The molecule has 0 saturated carbocycles. The van der Waals surface area contributed by atoms with Crippen LogP contribution in [0.2, 0.25) is 0 Å². The van der Waals surface area contributed by atoms with Crippen LogP contribution in [0.1, 0.15) is 5.56 Å². The van der Waals surface area contributed by atoms with Crippen LogP contribution in [-0.2, 0) is 26.0 Å². The molecule has 0 bridgehead atoms. The molecular weight excluding hydrogens is 358 g/mol. The summed E-state index contributed by atoms with van der Waals surface area (Å²) in [7, 11) is -3.47. The number of carboxylic acids is 1. The zero-order chi connectivity index (χ0) is 18.7. The highest BCUT2D eigenvalue weighted by molar-refractivity contribution is 7.90. The van der Waals surface area contributed by atoms with Gasteiger partial charge in [0.05, 0.1) is 11.3 Å². The number of hydrogen-bond donors (Lipinski definition) is 2. The molecule has 9 heteroatoms. The van der Waals surface area contributed by atoms with Gasteiger partial charge in [-0.05, 0) is 17.7 Å². The Morgan fingerprint density at radius 2 is 1.96 bits per heavy atom. The first-order valence-electron chi connectivity index (χ1n) is 7.91. The summed E-state index contributed by atoms with van der Waals surface area (Å²) in [6.45, 7) is 0.189. The maximum atomic E-state index is 12.4. The van der Waals surface area contributed by atoms with Crippen molar-refractivity contribution in [3.05, 3.63) is 59.8 Å². The van der Waals surface area contributed by atoms with Crippen molar-refractivity contribution in [2.75, 3.05) is 12.3 Å². The van der Waals surface area contributed by atoms with Crippen LogP contribution < -0.4 is 5.32 Å². The fraction of sp³-hybridized carbons (Fsp3) is 0.235. The molecular formula is C17H17N3O5S. The second kappa shape index (κ2) is 7.12. The largest absolute Gasteiger partial charge is 0.480 e.